The number of aromatic nitrogens is 3. The van der Waals surface area contributed by atoms with Gasteiger partial charge in [-0.2, -0.15) is 9.67 Å². The molecule has 0 aliphatic carbocycles. The molecule has 7 heteroatoms. The van der Waals surface area contributed by atoms with Gasteiger partial charge in [0.15, 0.2) is 0 Å². The first-order valence-electron chi connectivity index (χ1n) is 3.91. The van der Waals surface area contributed by atoms with Crippen LogP contribution in [0.25, 0.3) is 0 Å². The highest BCUT2D eigenvalue weighted by molar-refractivity contribution is 5.86. The molecule has 76 valence electrons. The lowest BCUT2D eigenvalue weighted by Crippen LogP contribution is -2.27. The molecular formula is C7H11N5O2. The number of nitrogens with one attached hydrogen (secondary N) is 1. The number of carbonyl (C=O) groups excluding carboxylic acids is 2. The quantitative estimate of drug-likeness (QED) is 0.674. The Morgan fingerprint density at radius 3 is 2.64 bits per heavy atom. The molecule has 14 heavy (non-hydrogen) atoms. The number of amides is 2. The first-order valence-corrected chi connectivity index (χ1v) is 3.91. The Balaban J connectivity index is 2.77. The van der Waals surface area contributed by atoms with Gasteiger partial charge in [-0.05, 0) is 0 Å². The number of anilines is 1. The second kappa shape index (κ2) is 3.86. The minimum atomic E-state index is -0.325. The number of rotatable bonds is 1. The maximum atomic E-state index is 11.3. The molecule has 0 saturated carbocycles. The lowest BCUT2D eigenvalue weighted by Gasteiger charge is -2.07. The van der Waals surface area contributed by atoms with E-state index >= 15 is 0 Å². The Morgan fingerprint density at radius 1 is 1.50 bits per heavy atom. The summed E-state index contributed by atoms with van der Waals surface area (Å²) in [5.41, 5.74) is 0. The Morgan fingerprint density at radius 2 is 2.14 bits per heavy atom. The van der Waals surface area contributed by atoms with E-state index in [1.165, 1.54) is 18.2 Å². The molecule has 1 N–H and O–H groups in total. The molecule has 0 saturated heterocycles. The smallest absolute Gasteiger partial charge is 0.329 e. The van der Waals surface area contributed by atoms with Crippen molar-refractivity contribution < 1.29 is 9.59 Å². The van der Waals surface area contributed by atoms with Crippen LogP contribution in [-0.4, -0.2) is 45.7 Å². The second-order valence-corrected chi connectivity index (χ2v) is 2.87. The van der Waals surface area contributed by atoms with E-state index < -0.39 is 0 Å². The molecule has 1 rings (SSSR count). The number of carbonyl (C=O) groups is 2. The average molecular weight is 197 g/mol. The van der Waals surface area contributed by atoms with Crippen LogP contribution in [0.4, 0.5) is 10.7 Å². The number of hydrogen-bond donors (Lipinski definition) is 1. The van der Waals surface area contributed by atoms with Gasteiger partial charge in [-0.25, -0.2) is 4.79 Å². The molecule has 0 atom stereocenters. The van der Waals surface area contributed by atoms with Crippen LogP contribution in [0.1, 0.15) is 6.92 Å². The molecule has 0 bridgehead atoms. The number of hydrogen-bond acceptors (Lipinski definition) is 4. The van der Waals surface area contributed by atoms with E-state index in [4.69, 9.17) is 0 Å². The van der Waals surface area contributed by atoms with Crippen molar-refractivity contribution in [3.63, 3.8) is 0 Å². The summed E-state index contributed by atoms with van der Waals surface area (Å²) in [6.45, 7) is 1.34. The SMILES string of the molecule is CC(=O)Nc1ncn(C(=O)N(C)C)n1. The van der Waals surface area contributed by atoms with E-state index in [0.717, 1.165) is 4.68 Å². The summed E-state index contributed by atoms with van der Waals surface area (Å²) in [5.74, 6) is -0.159. The lowest BCUT2D eigenvalue weighted by atomic mass is 10.7. The van der Waals surface area contributed by atoms with E-state index in [-0.39, 0.29) is 17.9 Å². The van der Waals surface area contributed by atoms with Crippen molar-refractivity contribution in [1.82, 2.24) is 19.7 Å². The molecule has 0 aliphatic heterocycles. The van der Waals surface area contributed by atoms with Gasteiger partial charge in [0, 0.05) is 21.0 Å². The van der Waals surface area contributed by atoms with Crippen LogP contribution in [0.15, 0.2) is 6.33 Å². The molecule has 0 aliphatic rings. The molecule has 0 aromatic carbocycles. The molecule has 1 heterocycles. The largest absolute Gasteiger partial charge is 0.345 e. The first-order chi connectivity index (χ1) is 6.50. The fraction of sp³-hybridized carbons (Fsp3) is 0.429. The third kappa shape index (κ3) is 2.28. The summed E-state index contributed by atoms with van der Waals surface area (Å²) in [6, 6.07) is -0.325. The molecule has 7 nitrogen and oxygen atoms in total. The Bertz CT molecular complexity index is 357. The fourth-order valence-corrected chi connectivity index (χ4v) is 0.775. The zero-order valence-electron chi connectivity index (χ0n) is 8.18. The fourth-order valence-electron chi connectivity index (χ4n) is 0.775. The Kier molecular flexibility index (Phi) is 2.80. The Labute approximate surface area is 80.7 Å². The van der Waals surface area contributed by atoms with E-state index in [2.05, 4.69) is 15.4 Å². The zero-order valence-corrected chi connectivity index (χ0v) is 8.18. The normalized spacial score (nSPS) is 9.64. The third-order valence-corrected chi connectivity index (χ3v) is 1.36. The van der Waals surface area contributed by atoms with Gasteiger partial charge in [-0.15, -0.1) is 5.10 Å². The van der Waals surface area contributed by atoms with Crippen molar-refractivity contribution in [3.8, 4) is 0 Å². The second-order valence-electron chi connectivity index (χ2n) is 2.87. The monoisotopic (exact) mass is 197 g/mol. The minimum absolute atomic E-state index is 0.118. The summed E-state index contributed by atoms with van der Waals surface area (Å²) < 4.78 is 1.05. The highest BCUT2D eigenvalue weighted by Gasteiger charge is 2.10. The van der Waals surface area contributed by atoms with Crippen LogP contribution >= 0.6 is 0 Å². The predicted molar refractivity (Wildman–Crippen MR) is 48.8 cm³/mol. The predicted octanol–water partition coefficient (Wildman–Crippen LogP) is -0.234. The van der Waals surface area contributed by atoms with E-state index in [0.29, 0.717) is 0 Å². The van der Waals surface area contributed by atoms with E-state index in [1.54, 1.807) is 14.1 Å². The van der Waals surface area contributed by atoms with Crippen LogP contribution in [-0.2, 0) is 4.79 Å². The summed E-state index contributed by atoms with van der Waals surface area (Å²) in [4.78, 5) is 27.0. The van der Waals surface area contributed by atoms with Gasteiger partial charge in [0.1, 0.15) is 6.33 Å². The van der Waals surface area contributed by atoms with Crippen LogP contribution in [0.3, 0.4) is 0 Å². The zero-order chi connectivity index (χ0) is 10.7. The standard InChI is InChI=1S/C7H11N5O2/c1-5(13)9-6-8-4-12(10-6)7(14)11(2)3/h4H,1-3H3,(H,9,10,13). The topological polar surface area (TPSA) is 80.1 Å². The van der Waals surface area contributed by atoms with Gasteiger partial charge in [0.25, 0.3) is 0 Å². The maximum Gasteiger partial charge on any atom is 0.345 e. The van der Waals surface area contributed by atoms with Crippen molar-refractivity contribution >= 4 is 17.9 Å². The highest BCUT2D eigenvalue weighted by atomic mass is 16.2. The third-order valence-electron chi connectivity index (χ3n) is 1.36. The van der Waals surface area contributed by atoms with Crippen molar-refractivity contribution in [2.24, 2.45) is 0 Å². The summed E-state index contributed by atoms with van der Waals surface area (Å²) in [7, 11) is 3.20. The van der Waals surface area contributed by atoms with Crippen molar-refractivity contribution in [2.45, 2.75) is 6.92 Å². The lowest BCUT2D eigenvalue weighted by molar-refractivity contribution is -0.114. The molecular weight excluding hydrogens is 186 g/mol. The number of nitrogens with zero attached hydrogens (tertiary/aromatic N) is 4. The van der Waals surface area contributed by atoms with Crippen LogP contribution < -0.4 is 5.32 Å². The first kappa shape index (κ1) is 10.2. The van der Waals surface area contributed by atoms with Gasteiger partial charge >= 0.3 is 6.03 Å². The van der Waals surface area contributed by atoms with E-state index in [9.17, 15) is 9.59 Å². The van der Waals surface area contributed by atoms with Gasteiger partial charge in [0.2, 0.25) is 11.9 Å². The van der Waals surface area contributed by atoms with Gasteiger partial charge < -0.3 is 4.90 Å². The molecule has 0 spiro atoms. The van der Waals surface area contributed by atoms with Gasteiger partial charge in [0.05, 0.1) is 0 Å². The van der Waals surface area contributed by atoms with Crippen LogP contribution in [0.2, 0.25) is 0 Å². The molecule has 0 fully saturated rings. The molecule has 1 aromatic heterocycles. The van der Waals surface area contributed by atoms with Crippen LogP contribution in [0.5, 0.6) is 0 Å². The summed E-state index contributed by atoms with van der Waals surface area (Å²) in [6.07, 6.45) is 1.24. The average Bonchev–Trinajstić information content (AvgIpc) is 2.50. The van der Waals surface area contributed by atoms with Crippen molar-refractivity contribution in [2.75, 3.05) is 19.4 Å². The minimum Gasteiger partial charge on any atom is -0.329 e. The van der Waals surface area contributed by atoms with Gasteiger partial charge in [-0.3, -0.25) is 10.1 Å². The van der Waals surface area contributed by atoms with Crippen LogP contribution in [0, 0.1) is 0 Å². The highest BCUT2D eigenvalue weighted by Crippen LogP contribution is 1.97. The molecule has 2 amide bonds. The molecule has 0 radical (unpaired) electrons. The van der Waals surface area contributed by atoms with Gasteiger partial charge in [-0.1, -0.05) is 0 Å². The van der Waals surface area contributed by atoms with E-state index in [1.807, 2.05) is 0 Å². The summed E-state index contributed by atoms with van der Waals surface area (Å²) in [5, 5.41) is 6.12. The maximum absolute atomic E-state index is 11.3. The summed E-state index contributed by atoms with van der Waals surface area (Å²) >= 11 is 0. The Hall–Kier alpha value is -1.92. The van der Waals surface area contributed by atoms with Crippen molar-refractivity contribution in [3.05, 3.63) is 6.33 Å². The van der Waals surface area contributed by atoms with Crippen molar-refractivity contribution in [1.29, 1.82) is 0 Å². The molecule has 1 aromatic rings. The molecule has 0 unspecified atom stereocenters.